The molecule has 0 atom stereocenters. The Morgan fingerprint density at radius 3 is 2.74 bits per heavy atom. The third-order valence-corrected chi connectivity index (χ3v) is 3.99. The third-order valence-electron chi connectivity index (χ3n) is 3.99. The lowest BCUT2D eigenvalue weighted by molar-refractivity contribution is 0.0921. The predicted octanol–water partition coefficient (Wildman–Crippen LogP) is 0.617. The van der Waals surface area contributed by atoms with Crippen LogP contribution in [0, 0.1) is 0 Å². The van der Waals surface area contributed by atoms with Gasteiger partial charge in [-0.1, -0.05) is 0 Å². The number of anilines is 1. The Bertz CT molecular complexity index is 678. The van der Waals surface area contributed by atoms with Gasteiger partial charge in [0.15, 0.2) is 0 Å². The number of hydrogen-bond donors (Lipinski definition) is 1. The smallest absolute Gasteiger partial charge is 0.269 e. The maximum absolute atomic E-state index is 12.2. The van der Waals surface area contributed by atoms with Crippen molar-refractivity contribution in [1.82, 2.24) is 25.1 Å². The summed E-state index contributed by atoms with van der Waals surface area (Å²) in [5.74, 6) is 1.14. The highest BCUT2D eigenvalue weighted by Crippen LogP contribution is 2.18. The summed E-state index contributed by atoms with van der Waals surface area (Å²) in [6.07, 6.45) is 5.02. The monoisotopic (exact) mass is 316 g/mol. The molecule has 23 heavy (non-hydrogen) atoms. The molecule has 1 N–H and O–H groups in total. The second-order valence-electron chi connectivity index (χ2n) is 5.47. The molecule has 2 aromatic rings. The number of hydrogen-bond acceptors (Lipinski definition) is 6. The molecule has 1 amide bonds. The fraction of sp³-hybridized carbons (Fsp3) is 0.467. The number of rotatable bonds is 4. The largest absolute Gasteiger partial charge is 0.481 e. The molecule has 0 unspecified atom stereocenters. The first-order valence-electron chi connectivity index (χ1n) is 7.58. The average Bonchev–Trinajstić information content (AvgIpc) is 3.02. The van der Waals surface area contributed by atoms with Gasteiger partial charge in [0.1, 0.15) is 5.69 Å². The average molecular weight is 316 g/mol. The second kappa shape index (κ2) is 6.64. The summed E-state index contributed by atoms with van der Waals surface area (Å²) >= 11 is 0. The number of aromatic nitrogens is 4. The van der Waals surface area contributed by atoms with E-state index in [0.29, 0.717) is 17.5 Å². The quantitative estimate of drug-likeness (QED) is 0.890. The molecule has 8 heteroatoms. The van der Waals surface area contributed by atoms with Crippen LogP contribution >= 0.6 is 0 Å². The molecule has 2 aromatic heterocycles. The summed E-state index contributed by atoms with van der Waals surface area (Å²) in [5.41, 5.74) is 0.573. The van der Waals surface area contributed by atoms with Crippen LogP contribution in [0.15, 0.2) is 24.5 Å². The summed E-state index contributed by atoms with van der Waals surface area (Å²) in [6, 6.07) is 3.60. The summed E-state index contributed by atoms with van der Waals surface area (Å²) < 4.78 is 6.71. The molecule has 1 aliphatic heterocycles. The fourth-order valence-electron chi connectivity index (χ4n) is 2.68. The molecule has 0 radical (unpaired) electrons. The number of carbonyl (C=O) groups is 1. The van der Waals surface area contributed by atoms with Crippen molar-refractivity contribution in [2.24, 2.45) is 7.05 Å². The minimum absolute atomic E-state index is 0.0823. The number of aryl methyl sites for hydroxylation is 1. The number of carbonyl (C=O) groups excluding carboxylic acids is 1. The van der Waals surface area contributed by atoms with Gasteiger partial charge in [-0.05, 0) is 18.9 Å². The number of piperidine rings is 1. The first-order valence-corrected chi connectivity index (χ1v) is 7.58. The molecule has 0 spiro atoms. The van der Waals surface area contributed by atoms with Crippen molar-refractivity contribution in [1.29, 1.82) is 0 Å². The molecule has 1 fully saturated rings. The molecule has 3 heterocycles. The van der Waals surface area contributed by atoms with E-state index in [2.05, 4.69) is 25.3 Å². The van der Waals surface area contributed by atoms with Gasteiger partial charge in [-0.2, -0.15) is 10.1 Å². The first kappa shape index (κ1) is 15.3. The van der Waals surface area contributed by atoms with Crippen molar-refractivity contribution in [3.05, 3.63) is 30.2 Å². The van der Waals surface area contributed by atoms with E-state index in [1.165, 1.54) is 0 Å². The first-order chi connectivity index (χ1) is 11.2. The van der Waals surface area contributed by atoms with Gasteiger partial charge in [0.25, 0.3) is 5.91 Å². The van der Waals surface area contributed by atoms with Gasteiger partial charge in [-0.15, -0.1) is 0 Å². The van der Waals surface area contributed by atoms with Crippen molar-refractivity contribution >= 4 is 11.9 Å². The van der Waals surface area contributed by atoms with Crippen molar-refractivity contribution in [3.8, 4) is 5.88 Å². The lowest BCUT2D eigenvalue weighted by Gasteiger charge is -2.32. The standard InChI is InChI=1S/C15H20N6O2/c1-20-12(3-8-17-20)14(22)18-11-5-9-21(10-6-11)15-16-7-4-13(19-15)23-2/h3-4,7-8,11H,5-6,9-10H2,1-2H3,(H,18,22). The summed E-state index contributed by atoms with van der Waals surface area (Å²) in [4.78, 5) is 22.9. The Labute approximate surface area is 134 Å². The zero-order valence-electron chi connectivity index (χ0n) is 13.3. The maximum atomic E-state index is 12.2. The van der Waals surface area contributed by atoms with Crippen LogP contribution in [-0.2, 0) is 7.05 Å². The van der Waals surface area contributed by atoms with Crippen LogP contribution in [0.1, 0.15) is 23.3 Å². The molecule has 0 bridgehead atoms. The van der Waals surface area contributed by atoms with Gasteiger partial charge in [-0.25, -0.2) is 4.98 Å². The van der Waals surface area contributed by atoms with Crippen LogP contribution in [0.25, 0.3) is 0 Å². The van der Waals surface area contributed by atoms with Crippen molar-refractivity contribution in [3.63, 3.8) is 0 Å². The van der Waals surface area contributed by atoms with E-state index >= 15 is 0 Å². The zero-order chi connectivity index (χ0) is 16.2. The van der Waals surface area contributed by atoms with Crippen LogP contribution < -0.4 is 15.0 Å². The highest BCUT2D eigenvalue weighted by Gasteiger charge is 2.23. The van der Waals surface area contributed by atoms with Crippen LogP contribution in [0.5, 0.6) is 5.88 Å². The third kappa shape index (κ3) is 3.41. The Balaban J connectivity index is 1.56. The van der Waals surface area contributed by atoms with E-state index < -0.39 is 0 Å². The van der Waals surface area contributed by atoms with Gasteiger partial charge in [0.2, 0.25) is 11.8 Å². The fourth-order valence-corrected chi connectivity index (χ4v) is 2.68. The summed E-state index contributed by atoms with van der Waals surface area (Å²) in [7, 11) is 3.35. The normalized spacial score (nSPS) is 15.5. The Kier molecular flexibility index (Phi) is 4.40. The van der Waals surface area contributed by atoms with E-state index in [-0.39, 0.29) is 11.9 Å². The van der Waals surface area contributed by atoms with Gasteiger partial charge in [0.05, 0.1) is 7.11 Å². The topological polar surface area (TPSA) is 85.2 Å². The van der Waals surface area contributed by atoms with Gasteiger partial charge in [-0.3, -0.25) is 9.48 Å². The van der Waals surface area contributed by atoms with E-state index in [4.69, 9.17) is 4.74 Å². The molecular formula is C15H20N6O2. The zero-order valence-corrected chi connectivity index (χ0v) is 13.3. The lowest BCUT2D eigenvalue weighted by atomic mass is 10.1. The molecule has 1 aliphatic rings. The van der Waals surface area contributed by atoms with Crippen LogP contribution in [-0.4, -0.2) is 51.9 Å². The highest BCUT2D eigenvalue weighted by atomic mass is 16.5. The van der Waals surface area contributed by atoms with E-state index in [9.17, 15) is 4.79 Å². The van der Waals surface area contributed by atoms with Crippen molar-refractivity contribution in [2.45, 2.75) is 18.9 Å². The molecule has 0 aliphatic carbocycles. The molecule has 0 saturated carbocycles. The number of amides is 1. The number of methoxy groups -OCH3 is 1. The number of nitrogens with zero attached hydrogens (tertiary/aromatic N) is 5. The van der Waals surface area contributed by atoms with E-state index in [1.54, 1.807) is 43.4 Å². The summed E-state index contributed by atoms with van der Waals surface area (Å²) in [6.45, 7) is 1.59. The van der Waals surface area contributed by atoms with Gasteiger partial charge < -0.3 is 15.0 Å². The van der Waals surface area contributed by atoms with Gasteiger partial charge >= 0.3 is 0 Å². The molecule has 0 aromatic carbocycles. The second-order valence-corrected chi connectivity index (χ2v) is 5.47. The molecular weight excluding hydrogens is 296 g/mol. The lowest BCUT2D eigenvalue weighted by Crippen LogP contribution is -2.45. The van der Waals surface area contributed by atoms with Crippen LogP contribution in [0.2, 0.25) is 0 Å². The number of nitrogens with one attached hydrogen (secondary N) is 1. The minimum Gasteiger partial charge on any atom is -0.481 e. The molecule has 3 rings (SSSR count). The highest BCUT2D eigenvalue weighted by molar-refractivity contribution is 5.92. The predicted molar refractivity (Wildman–Crippen MR) is 84.5 cm³/mol. The SMILES string of the molecule is COc1ccnc(N2CCC(NC(=O)c3ccnn3C)CC2)n1. The minimum atomic E-state index is -0.0823. The van der Waals surface area contributed by atoms with Gasteiger partial charge in [0, 0.05) is 44.6 Å². The van der Waals surface area contributed by atoms with Crippen LogP contribution in [0.4, 0.5) is 5.95 Å². The summed E-state index contributed by atoms with van der Waals surface area (Å²) in [5, 5.41) is 7.08. The molecule has 8 nitrogen and oxygen atoms in total. The van der Waals surface area contributed by atoms with Crippen molar-refractivity contribution in [2.75, 3.05) is 25.1 Å². The molecule has 122 valence electrons. The van der Waals surface area contributed by atoms with E-state index in [1.807, 2.05) is 0 Å². The maximum Gasteiger partial charge on any atom is 0.269 e. The number of ether oxygens (including phenoxy) is 1. The Morgan fingerprint density at radius 1 is 1.30 bits per heavy atom. The van der Waals surface area contributed by atoms with Crippen LogP contribution in [0.3, 0.4) is 0 Å². The van der Waals surface area contributed by atoms with E-state index in [0.717, 1.165) is 25.9 Å². The Hall–Kier alpha value is -2.64. The van der Waals surface area contributed by atoms with Crippen molar-refractivity contribution < 1.29 is 9.53 Å². The Morgan fingerprint density at radius 2 is 2.09 bits per heavy atom. The molecule has 1 saturated heterocycles.